The van der Waals surface area contributed by atoms with E-state index in [4.69, 9.17) is 4.74 Å². The van der Waals surface area contributed by atoms with Gasteiger partial charge < -0.3 is 10.1 Å². The van der Waals surface area contributed by atoms with Crippen LogP contribution in [-0.2, 0) is 9.53 Å². The van der Waals surface area contributed by atoms with Crippen molar-refractivity contribution in [3.8, 4) is 5.69 Å². The molecule has 0 aliphatic rings. The Bertz CT molecular complexity index is 1410. The molecule has 1 N–H and O–H groups in total. The third-order valence-corrected chi connectivity index (χ3v) is 5.97. The van der Waals surface area contributed by atoms with Gasteiger partial charge in [0.25, 0.3) is 5.56 Å². The predicted molar refractivity (Wildman–Crippen MR) is 131 cm³/mol. The van der Waals surface area contributed by atoms with E-state index in [1.807, 2.05) is 32.0 Å². The minimum absolute atomic E-state index is 0.0186. The van der Waals surface area contributed by atoms with Crippen LogP contribution in [-0.4, -0.2) is 44.1 Å². The van der Waals surface area contributed by atoms with E-state index < -0.39 is 5.97 Å². The molecule has 174 valence electrons. The van der Waals surface area contributed by atoms with Crippen LogP contribution >= 0.6 is 11.8 Å². The Labute approximate surface area is 199 Å². The molecule has 34 heavy (non-hydrogen) atoms. The van der Waals surface area contributed by atoms with Crippen LogP contribution in [0.2, 0.25) is 0 Å². The number of nitrogens with one attached hydrogen (secondary N) is 1. The number of hydrogen-bond donors (Lipinski definition) is 1. The number of hydrogen-bond acceptors (Lipinski definition) is 7. The number of ether oxygens (including phenoxy) is 1. The van der Waals surface area contributed by atoms with Crippen molar-refractivity contribution in [2.45, 2.75) is 25.0 Å². The lowest BCUT2D eigenvalue weighted by Gasteiger charge is -2.14. The molecule has 4 aromatic rings. The van der Waals surface area contributed by atoms with Crippen LogP contribution < -0.4 is 10.9 Å². The number of para-hydroxylation sites is 1. The summed E-state index contributed by atoms with van der Waals surface area (Å²) in [6, 6.07) is 15.5. The summed E-state index contributed by atoms with van der Waals surface area (Å²) in [5.74, 6) is -0.170. The molecule has 2 aromatic heterocycles. The van der Waals surface area contributed by atoms with Crippen LogP contribution in [0.4, 0.5) is 5.82 Å². The molecule has 9 nitrogen and oxygen atoms in total. The van der Waals surface area contributed by atoms with Crippen LogP contribution in [0, 0.1) is 0 Å². The van der Waals surface area contributed by atoms with Crippen LogP contribution in [0.3, 0.4) is 0 Å². The Balaban J connectivity index is 1.70. The second kappa shape index (κ2) is 9.92. The van der Waals surface area contributed by atoms with E-state index in [1.165, 1.54) is 23.8 Å². The summed E-state index contributed by atoms with van der Waals surface area (Å²) in [6.45, 7) is 3.94. The monoisotopic (exact) mass is 477 g/mol. The van der Waals surface area contributed by atoms with E-state index in [0.717, 1.165) is 11.8 Å². The highest BCUT2D eigenvalue weighted by Crippen LogP contribution is 2.23. The third kappa shape index (κ3) is 4.72. The van der Waals surface area contributed by atoms with Gasteiger partial charge in [-0.3, -0.25) is 14.2 Å². The van der Waals surface area contributed by atoms with Gasteiger partial charge in [0, 0.05) is 12.1 Å². The van der Waals surface area contributed by atoms with E-state index in [2.05, 4.69) is 15.4 Å². The minimum atomic E-state index is -0.522. The van der Waals surface area contributed by atoms with Crippen LogP contribution in [0.1, 0.15) is 30.2 Å². The molecule has 0 radical (unpaired) electrons. The van der Waals surface area contributed by atoms with Crippen molar-refractivity contribution in [2.24, 2.45) is 0 Å². The Kier molecular flexibility index (Phi) is 6.78. The predicted octanol–water partition coefficient (Wildman–Crippen LogP) is 3.68. The van der Waals surface area contributed by atoms with Crippen molar-refractivity contribution in [2.75, 3.05) is 18.2 Å². The summed E-state index contributed by atoms with van der Waals surface area (Å²) in [5, 5.41) is 7.75. The topological polar surface area (TPSA) is 108 Å². The Morgan fingerprint density at radius 2 is 1.88 bits per heavy atom. The average molecular weight is 478 g/mol. The summed E-state index contributed by atoms with van der Waals surface area (Å²) in [7, 11) is 1.29. The molecular formula is C24H23N5O4S. The summed E-state index contributed by atoms with van der Waals surface area (Å²) < 4.78 is 7.96. The number of amides is 1. The summed E-state index contributed by atoms with van der Waals surface area (Å²) in [5.41, 5.74) is 0.962. The van der Waals surface area contributed by atoms with Crippen molar-refractivity contribution in [1.29, 1.82) is 0 Å². The van der Waals surface area contributed by atoms with Crippen molar-refractivity contribution in [1.82, 2.24) is 19.3 Å². The molecule has 0 bridgehead atoms. The maximum atomic E-state index is 13.4. The van der Waals surface area contributed by atoms with Crippen molar-refractivity contribution in [3.63, 3.8) is 0 Å². The number of benzene rings is 2. The second-order valence-corrected chi connectivity index (χ2v) is 8.63. The smallest absolute Gasteiger partial charge is 0.337 e. The highest BCUT2D eigenvalue weighted by Gasteiger charge is 2.17. The summed E-state index contributed by atoms with van der Waals surface area (Å²) >= 11 is 1.13. The first-order valence-corrected chi connectivity index (χ1v) is 11.5. The molecule has 0 unspecified atom stereocenters. The fourth-order valence-corrected chi connectivity index (χ4v) is 4.26. The van der Waals surface area contributed by atoms with Gasteiger partial charge in [0.1, 0.15) is 5.82 Å². The van der Waals surface area contributed by atoms with Crippen LogP contribution in [0.5, 0.6) is 0 Å². The molecule has 0 spiro atoms. The number of fused-ring (bicyclic) bond motifs is 1. The molecule has 10 heteroatoms. The van der Waals surface area contributed by atoms with E-state index >= 15 is 0 Å². The fraction of sp³-hybridized carbons (Fsp3) is 0.208. The van der Waals surface area contributed by atoms with Crippen LogP contribution in [0.15, 0.2) is 70.7 Å². The molecule has 0 saturated heterocycles. The zero-order chi connectivity index (χ0) is 24.2. The molecule has 0 aliphatic carbocycles. The molecule has 1 amide bonds. The zero-order valence-electron chi connectivity index (χ0n) is 18.9. The molecule has 2 aromatic carbocycles. The average Bonchev–Trinajstić information content (AvgIpc) is 3.31. The van der Waals surface area contributed by atoms with Gasteiger partial charge in [0.2, 0.25) is 5.91 Å². The number of carbonyl (C=O) groups is 2. The largest absolute Gasteiger partial charge is 0.465 e. The quantitative estimate of drug-likeness (QED) is 0.246. The number of aromatic nitrogens is 4. The molecule has 0 fully saturated rings. The zero-order valence-corrected chi connectivity index (χ0v) is 19.7. The maximum Gasteiger partial charge on any atom is 0.337 e. The lowest BCUT2D eigenvalue weighted by Crippen LogP contribution is -2.23. The molecule has 4 rings (SSSR count). The second-order valence-electron chi connectivity index (χ2n) is 7.69. The fourth-order valence-electron chi connectivity index (χ4n) is 3.45. The molecule has 0 saturated carbocycles. The number of esters is 1. The summed E-state index contributed by atoms with van der Waals surface area (Å²) in [6.07, 6.45) is 1.62. The number of anilines is 1. The van der Waals surface area contributed by atoms with Gasteiger partial charge in [-0.15, -0.1) is 0 Å². The van der Waals surface area contributed by atoms with Gasteiger partial charge in [-0.05, 0) is 44.2 Å². The molecule has 0 atom stereocenters. The van der Waals surface area contributed by atoms with E-state index in [0.29, 0.717) is 27.6 Å². The maximum absolute atomic E-state index is 13.4. The van der Waals surface area contributed by atoms with Gasteiger partial charge in [-0.1, -0.05) is 30.0 Å². The third-order valence-electron chi connectivity index (χ3n) is 5.03. The standard InChI is InChI=1S/C24H23N5O4S/c1-15(2)29-20(11-12-25-29)27-21(30)14-34-24-26-19-13-16(23(32)33-3)9-10-18(19)22(31)28(24)17-7-5-4-6-8-17/h4-13,15H,14H2,1-3H3,(H,27,30). The first kappa shape index (κ1) is 23.2. The highest BCUT2D eigenvalue weighted by molar-refractivity contribution is 7.99. The SMILES string of the molecule is COC(=O)c1ccc2c(=O)n(-c3ccccc3)c(SCC(=O)Nc3ccnn3C(C)C)nc2c1. The number of carbonyl (C=O) groups excluding carboxylic acids is 2. The highest BCUT2D eigenvalue weighted by atomic mass is 32.2. The first-order chi connectivity index (χ1) is 16.4. The first-order valence-electron chi connectivity index (χ1n) is 10.6. The van der Waals surface area contributed by atoms with E-state index in [1.54, 1.807) is 35.1 Å². The number of nitrogens with zero attached hydrogens (tertiary/aromatic N) is 4. The van der Waals surface area contributed by atoms with Gasteiger partial charge in [-0.2, -0.15) is 5.10 Å². The Morgan fingerprint density at radius 1 is 1.12 bits per heavy atom. The van der Waals surface area contributed by atoms with Crippen molar-refractivity contribution < 1.29 is 14.3 Å². The van der Waals surface area contributed by atoms with Gasteiger partial charge in [0.15, 0.2) is 5.16 Å². The lowest BCUT2D eigenvalue weighted by molar-refractivity contribution is -0.113. The molecular weight excluding hydrogens is 454 g/mol. The van der Waals surface area contributed by atoms with Crippen LogP contribution in [0.25, 0.3) is 16.6 Å². The minimum Gasteiger partial charge on any atom is -0.465 e. The van der Waals surface area contributed by atoms with Crippen molar-refractivity contribution >= 4 is 40.4 Å². The van der Waals surface area contributed by atoms with Gasteiger partial charge in [0.05, 0.1) is 41.2 Å². The Hall–Kier alpha value is -3.92. The molecule has 0 aliphatic heterocycles. The van der Waals surface area contributed by atoms with Gasteiger partial charge >= 0.3 is 5.97 Å². The van der Waals surface area contributed by atoms with Gasteiger partial charge in [-0.25, -0.2) is 14.5 Å². The molecule has 2 heterocycles. The number of thioether (sulfide) groups is 1. The van der Waals surface area contributed by atoms with E-state index in [9.17, 15) is 14.4 Å². The normalized spacial score (nSPS) is 11.1. The number of methoxy groups -OCH3 is 1. The lowest BCUT2D eigenvalue weighted by atomic mass is 10.1. The number of rotatable bonds is 7. The Morgan fingerprint density at radius 3 is 2.59 bits per heavy atom. The van der Waals surface area contributed by atoms with Crippen molar-refractivity contribution in [3.05, 3.63) is 76.7 Å². The van der Waals surface area contributed by atoms with E-state index in [-0.39, 0.29) is 28.8 Å². The summed E-state index contributed by atoms with van der Waals surface area (Å²) in [4.78, 5) is 42.7.